The van der Waals surface area contributed by atoms with Crippen LogP contribution in [0.3, 0.4) is 0 Å². The summed E-state index contributed by atoms with van der Waals surface area (Å²) in [7, 11) is 1.61. The van der Waals surface area contributed by atoms with Crippen molar-refractivity contribution in [3.8, 4) is 17.3 Å². The van der Waals surface area contributed by atoms with E-state index in [1.807, 2.05) is 35.2 Å². The molecule has 1 atom stereocenters. The predicted octanol–water partition coefficient (Wildman–Crippen LogP) is 3.22. The van der Waals surface area contributed by atoms with Crippen molar-refractivity contribution in [1.82, 2.24) is 29.6 Å². The van der Waals surface area contributed by atoms with E-state index in [1.165, 1.54) is 0 Å². The zero-order valence-electron chi connectivity index (χ0n) is 18.4. The van der Waals surface area contributed by atoms with E-state index in [9.17, 15) is 4.79 Å². The minimum atomic E-state index is 0.0104. The molecule has 0 unspecified atom stereocenters. The summed E-state index contributed by atoms with van der Waals surface area (Å²) in [5, 5.41) is 6.09. The van der Waals surface area contributed by atoms with E-state index in [-0.39, 0.29) is 18.5 Å². The second kappa shape index (κ2) is 8.74. The number of nitrogens with one attached hydrogen (secondary N) is 1. The molecule has 0 aliphatic carbocycles. The number of fused-ring (bicyclic) bond motifs is 1. The molecule has 10 heteroatoms. The van der Waals surface area contributed by atoms with Crippen LogP contribution >= 0.6 is 11.6 Å². The van der Waals surface area contributed by atoms with Crippen LogP contribution < -0.4 is 9.64 Å². The first-order chi connectivity index (χ1) is 16.0. The van der Waals surface area contributed by atoms with Crippen LogP contribution in [0.25, 0.3) is 22.6 Å². The highest BCUT2D eigenvalue weighted by atomic mass is 35.5. The summed E-state index contributed by atoms with van der Waals surface area (Å²) in [4.78, 5) is 29.2. The van der Waals surface area contributed by atoms with E-state index in [1.54, 1.807) is 30.4 Å². The molecule has 33 heavy (non-hydrogen) atoms. The summed E-state index contributed by atoms with van der Waals surface area (Å²) in [5.74, 6) is 1.31. The lowest BCUT2D eigenvalue weighted by atomic mass is 10.1. The number of pyridine rings is 1. The quantitative estimate of drug-likeness (QED) is 0.486. The number of anilines is 1. The number of H-pyrrole nitrogens is 1. The van der Waals surface area contributed by atoms with Crippen molar-refractivity contribution in [2.75, 3.05) is 31.6 Å². The molecule has 0 spiro atoms. The van der Waals surface area contributed by atoms with Crippen molar-refractivity contribution in [3.05, 3.63) is 53.9 Å². The number of piperazine rings is 1. The summed E-state index contributed by atoms with van der Waals surface area (Å²) in [6.45, 7) is 4.18. The highest BCUT2D eigenvalue weighted by molar-refractivity contribution is 6.32. The number of aromatic nitrogens is 5. The topological polar surface area (TPSA) is 92.2 Å². The first-order valence-electron chi connectivity index (χ1n) is 10.7. The van der Waals surface area contributed by atoms with Gasteiger partial charge < -0.3 is 19.5 Å². The third kappa shape index (κ3) is 4.00. The van der Waals surface area contributed by atoms with Crippen LogP contribution in [0.5, 0.6) is 5.75 Å². The van der Waals surface area contributed by atoms with Gasteiger partial charge in [-0.15, -0.1) is 0 Å². The Kier molecular flexibility index (Phi) is 5.63. The van der Waals surface area contributed by atoms with Crippen molar-refractivity contribution >= 4 is 34.2 Å². The largest absolute Gasteiger partial charge is 0.495 e. The van der Waals surface area contributed by atoms with Gasteiger partial charge in [0.25, 0.3) is 0 Å². The number of benzene rings is 1. The molecule has 0 saturated carbocycles. The summed E-state index contributed by atoms with van der Waals surface area (Å²) in [6.07, 6.45) is 5.13. The maximum atomic E-state index is 13.2. The van der Waals surface area contributed by atoms with E-state index >= 15 is 0 Å². The third-order valence-corrected chi connectivity index (χ3v) is 6.27. The monoisotopic (exact) mass is 465 g/mol. The molecular formula is C23H24ClN7O2. The highest BCUT2D eigenvalue weighted by Gasteiger charge is 2.28. The number of carbonyl (C=O) groups excluding carboxylic acids is 1. The van der Waals surface area contributed by atoms with Gasteiger partial charge >= 0.3 is 0 Å². The Labute approximate surface area is 195 Å². The molecule has 1 aliphatic heterocycles. The van der Waals surface area contributed by atoms with Crippen molar-refractivity contribution in [2.24, 2.45) is 0 Å². The van der Waals surface area contributed by atoms with Gasteiger partial charge in [0.1, 0.15) is 18.0 Å². The average Bonchev–Trinajstić information content (AvgIpc) is 3.48. The van der Waals surface area contributed by atoms with E-state index in [0.717, 1.165) is 11.1 Å². The Hall–Kier alpha value is -3.59. The Balaban J connectivity index is 1.32. The smallest absolute Gasteiger partial charge is 0.244 e. The third-order valence-electron chi connectivity index (χ3n) is 5.96. The number of halogens is 1. The Morgan fingerprint density at radius 2 is 2.12 bits per heavy atom. The molecule has 1 aromatic carbocycles. The van der Waals surface area contributed by atoms with Crippen molar-refractivity contribution in [1.29, 1.82) is 0 Å². The molecule has 170 valence electrons. The van der Waals surface area contributed by atoms with Crippen molar-refractivity contribution < 1.29 is 9.53 Å². The highest BCUT2D eigenvalue weighted by Crippen LogP contribution is 2.31. The molecular weight excluding hydrogens is 442 g/mol. The maximum absolute atomic E-state index is 13.2. The molecule has 5 rings (SSSR count). The number of nitrogens with zero attached hydrogens (tertiary/aromatic N) is 6. The van der Waals surface area contributed by atoms with Gasteiger partial charge in [0.2, 0.25) is 5.91 Å². The normalized spacial score (nSPS) is 16.4. The first kappa shape index (κ1) is 21.3. The van der Waals surface area contributed by atoms with Gasteiger partial charge in [-0.05, 0) is 31.2 Å². The number of methoxy groups -OCH3 is 1. The van der Waals surface area contributed by atoms with Crippen LogP contribution in [-0.2, 0) is 11.3 Å². The van der Waals surface area contributed by atoms with Gasteiger partial charge in [-0.3, -0.25) is 4.79 Å². The summed E-state index contributed by atoms with van der Waals surface area (Å²) < 4.78 is 7.02. The minimum absolute atomic E-state index is 0.0104. The van der Waals surface area contributed by atoms with E-state index < -0.39 is 0 Å². The zero-order chi connectivity index (χ0) is 22.9. The number of amides is 1. The molecule has 0 bridgehead atoms. The van der Waals surface area contributed by atoms with E-state index in [0.29, 0.717) is 47.6 Å². The summed E-state index contributed by atoms with van der Waals surface area (Å²) >= 11 is 6.17. The number of ether oxygens (including phenoxy) is 1. The lowest BCUT2D eigenvalue weighted by molar-refractivity contribution is -0.132. The predicted molar refractivity (Wildman–Crippen MR) is 127 cm³/mol. The number of carbonyl (C=O) groups is 1. The fourth-order valence-corrected chi connectivity index (χ4v) is 4.51. The maximum Gasteiger partial charge on any atom is 0.244 e. The lowest BCUT2D eigenvalue weighted by Crippen LogP contribution is -2.54. The van der Waals surface area contributed by atoms with E-state index in [4.69, 9.17) is 16.3 Å². The van der Waals surface area contributed by atoms with Gasteiger partial charge in [-0.25, -0.2) is 14.6 Å². The van der Waals surface area contributed by atoms with Gasteiger partial charge in [0.15, 0.2) is 11.5 Å². The molecule has 4 heterocycles. The number of imidazole rings is 1. The van der Waals surface area contributed by atoms with Crippen molar-refractivity contribution in [2.45, 2.75) is 19.5 Å². The standard InChI is InChI=1S/C23H24ClN7O2/c1-15-13-29(10-11-30(15)16-5-6-18(24)19(12-16)33-2)20(32)14-31-23-17(4-3-7-27-23)21(28-31)22-25-8-9-26-22/h3-9,12,15H,10-11,13-14H2,1-2H3,(H,25,26)/t15-/m0/s1. The van der Waals surface area contributed by atoms with Crippen LogP contribution in [0.4, 0.5) is 5.69 Å². The fraction of sp³-hybridized carbons (Fsp3) is 0.304. The minimum Gasteiger partial charge on any atom is -0.495 e. The van der Waals surface area contributed by atoms with E-state index in [2.05, 4.69) is 31.9 Å². The molecule has 1 N–H and O–H groups in total. The number of rotatable bonds is 5. The fourth-order valence-electron chi connectivity index (χ4n) is 4.31. The Morgan fingerprint density at radius 3 is 2.88 bits per heavy atom. The molecule has 0 radical (unpaired) electrons. The molecule has 1 saturated heterocycles. The van der Waals surface area contributed by atoms with Crippen LogP contribution in [0, 0.1) is 0 Å². The molecule has 1 aliphatic rings. The number of hydrogen-bond acceptors (Lipinski definition) is 6. The van der Waals surface area contributed by atoms with Crippen LogP contribution in [0.1, 0.15) is 6.92 Å². The van der Waals surface area contributed by atoms with Gasteiger partial charge in [0.05, 0.1) is 17.5 Å². The molecule has 9 nitrogen and oxygen atoms in total. The van der Waals surface area contributed by atoms with Crippen molar-refractivity contribution in [3.63, 3.8) is 0 Å². The second-order valence-corrected chi connectivity index (χ2v) is 8.43. The van der Waals surface area contributed by atoms with Crippen LogP contribution in [0.15, 0.2) is 48.9 Å². The van der Waals surface area contributed by atoms with Crippen LogP contribution in [-0.4, -0.2) is 68.3 Å². The molecule has 3 aromatic heterocycles. The summed E-state index contributed by atoms with van der Waals surface area (Å²) in [6, 6.07) is 9.70. The lowest BCUT2D eigenvalue weighted by Gasteiger charge is -2.41. The SMILES string of the molecule is COc1cc(N2CCN(C(=O)Cn3nc(-c4ncc[nH]4)c4cccnc43)C[C@@H]2C)ccc1Cl. The molecule has 1 fully saturated rings. The zero-order valence-corrected chi connectivity index (χ0v) is 19.2. The Morgan fingerprint density at radius 1 is 1.24 bits per heavy atom. The summed E-state index contributed by atoms with van der Waals surface area (Å²) in [5.41, 5.74) is 2.38. The first-order valence-corrected chi connectivity index (χ1v) is 11.1. The molecule has 4 aromatic rings. The molecule has 1 amide bonds. The van der Waals surface area contributed by atoms with Gasteiger partial charge in [-0.1, -0.05) is 11.6 Å². The number of aromatic amines is 1. The van der Waals surface area contributed by atoms with Gasteiger partial charge in [-0.2, -0.15) is 5.10 Å². The Bertz CT molecular complexity index is 1290. The van der Waals surface area contributed by atoms with Crippen LogP contribution in [0.2, 0.25) is 5.02 Å². The second-order valence-electron chi connectivity index (χ2n) is 8.02. The average molecular weight is 466 g/mol. The van der Waals surface area contributed by atoms with Gasteiger partial charge in [0, 0.05) is 56.0 Å². The number of hydrogen-bond donors (Lipinski definition) is 1.